The van der Waals surface area contributed by atoms with Gasteiger partial charge in [-0.2, -0.15) is 4.72 Å². The number of nitrogens with one attached hydrogen (secondary N) is 1. The first kappa shape index (κ1) is 22.0. The Labute approximate surface area is 181 Å². The third-order valence-corrected chi connectivity index (χ3v) is 6.64. The molecule has 5 nitrogen and oxygen atoms in total. The summed E-state index contributed by atoms with van der Waals surface area (Å²) in [5.41, 5.74) is 1.89. The summed E-state index contributed by atoms with van der Waals surface area (Å²) in [6, 6.07) is 20.6. The number of ketones is 1. The minimum atomic E-state index is -3.98. The van der Waals surface area contributed by atoms with Gasteiger partial charge in [-0.25, -0.2) is 8.42 Å². The van der Waals surface area contributed by atoms with Crippen LogP contribution in [0.3, 0.4) is 0 Å². The molecule has 0 saturated heterocycles. The van der Waals surface area contributed by atoms with Gasteiger partial charge >= 0.3 is 0 Å². The van der Waals surface area contributed by atoms with Crippen molar-refractivity contribution < 1.29 is 17.9 Å². The highest BCUT2D eigenvalue weighted by Gasteiger charge is 2.33. The molecule has 7 heteroatoms. The van der Waals surface area contributed by atoms with Crippen molar-refractivity contribution in [2.45, 2.75) is 23.2 Å². The molecule has 3 aromatic carbocycles. The molecule has 0 aliphatic carbocycles. The maximum Gasteiger partial charge on any atom is 0.241 e. The zero-order chi connectivity index (χ0) is 21.7. The Hall–Kier alpha value is -2.67. The van der Waals surface area contributed by atoms with E-state index < -0.39 is 27.2 Å². The summed E-state index contributed by atoms with van der Waals surface area (Å²) in [4.78, 5) is 13.3. The van der Waals surface area contributed by atoms with E-state index in [4.69, 9.17) is 16.3 Å². The van der Waals surface area contributed by atoms with Crippen LogP contribution in [0.4, 0.5) is 0 Å². The Morgan fingerprint density at radius 3 is 2.10 bits per heavy atom. The number of Topliss-reactive ketones (excluding diaryl/α,β-unsaturated/α-hetero) is 1. The number of ether oxygens (including phenoxy) is 1. The number of alkyl halides is 1. The van der Waals surface area contributed by atoms with E-state index in [9.17, 15) is 13.2 Å². The number of carbonyl (C=O) groups excluding carboxylic acids is 1. The quantitative estimate of drug-likeness (QED) is 0.410. The largest absolute Gasteiger partial charge is 0.497 e. The molecule has 0 aliphatic rings. The summed E-state index contributed by atoms with van der Waals surface area (Å²) < 4.78 is 33.6. The highest BCUT2D eigenvalue weighted by atomic mass is 35.5. The fourth-order valence-corrected chi connectivity index (χ4v) is 4.57. The molecule has 2 atom stereocenters. The van der Waals surface area contributed by atoms with Crippen molar-refractivity contribution in [1.82, 2.24) is 4.72 Å². The lowest BCUT2D eigenvalue weighted by Gasteiger charge is -2.23. The SMILES string of the molecule is COc1ccc(C(=O)[C@@H](NS(=O)(=O)c2ccc(C)cc2)[C@@H](Cl)c2ccccc2)cc1. The van der Waals surface area contributed by atoms with Gasteiger partial charge in [-0.05, 0) is 48.9 Å². The summed E-state index contributed by atoms with van der Waals surface area (Å²) in [7, 11) is -2.45. The zero-order valence-electron chi connectivity index (χ0n) is 16.6. The molecule has 30 heavy (non-hydrogen) atoms. The van der Waals surface area contributed by atoms with Gasteiger partial charge in [-0.15, -0.1) is 11.6 Å². The lowest BCUT2D eigenvalue weighted by molar-refractivity contribution is 0.0951. The number of hydrogen-bond acceptors (Lipinski definition) is 4. The van der Waals surface area contributed by atoms with Crippen LogP contribution in [0.15, 0.2) is 83.8 Å². The van der Waals surface area contributed by atoms with Crippen molar-refractivity contribution in [3.8, 4) is 5.75 Å². The molecule has 0 spiro atoms. The third kappa shape index (κ3) is 5.08. The smallest absolute Gasteiger partial charge is 0.241 e. The molecule has 3 rings (SSSR count). The van der Waals surface area contributed by atoms with Crippen molar-refractivity contribution in [3.63, 3.8) is 0 Å². The summed E-state index contributed by atoms with van der Waals surface area (Å²) in [6.45, 7) is 1.87. The summed E-state index contributed by atoms with van der Waals surface area (Å²) in [5, 5.41) is -0.902. The highest BCUT2D eigenvalue weighted by molar-refractivity contribution is 7.89. The van der Waals surface area contributed by atoms with Crippen LogP contribution in [-0.4, -0.2) is 27.4 Å². The average Bonchev–Trinajstić information content (AvgIpc) is 2.77. The van der Waals surface area contributed by atoms with Gasteiger partial charge < -0.3 is 4.74 Å². The van der Waals surface area contributed by atoms with Crippen LogP contribution in [0.2, 0.25) is 0 Å². The number of hydrogen-bond donors (Lipinski definition) is 1. The first-order valence-electron chi connectivity index (χ1n) is 9.28. The third-order valence-electron chi connectivity index (χ3n) is 4.68. The minimum absolute atomic E-state index is 0.0672. The van der Waals surface area contributed by atoms with Crippen molar-refractivity contribution >= 4 is 27.4 Å². The second kappa shape index (κ2) is 9.43. The Balaban J connectivity index is 1.98. The predicted molar refractivity (Wildman–Crippen MR) is 118 cm³/mol. The van der Waals surface area contributed by atoms with Crippen LogP contribution in [0.5, 0.6) is 5.75 Å². The molecular weight excluding hydrogens is 422 g/mol. The molecular formula is C23H22ClNO4S. The van der Waals surface area contributed by atoms with Gasteiger partial charge in [-0.1, -0.05) is 48.0 Å². The number of rotatable bonds is 8. The monoisotopic (exact) mass is 443 g/mol. The highest BCUT2D eigenvalue weighted by Crippen LogP contribution is 2.28. The molecule has 0 aliphatic heterocycles. The second-order valence-electron chi connectivity index (χ2n) is 6.82. The van der Waals surface area contributed by atoms with Crippen molar-refractivity contribution in [1.29, 1.82) is 0 Å². The van der Waals surface area contributed by atoms with E-state index in [1.54, 1.807) is 60.7 Å². The topological polar surface area (TPSA) is 72.5 Å². The van der Waals surface area contributed by atoms with Crippen LogP contribution >= 0.6 is 11.6 Å². The van der Waals surface area contributed by atoms with Gasteiger partial charge in [0.15, 0.2) is 5.78 Å². The molecule has 0 saturated carbocycles. The molecule has 0 bridgehead atoms. The standard InChI is InChI=1S/C23H22ClNO4S/c1-16-8-14-20(15-9-16)30(27,28)25-22(21(24)17-6-4-3-5-7-17)23(26)18-10-12-19(29-2)13-11-18/h3-15,21-22,25H,1-2H3/t21-,22-/m0/s1. The van der Waals surface area contributed by atoms with Crippen molar-refractivity contribution in [3.05, 3.63) is 95.6 Å². The summed E-state index contributed by atoms with van der Waals surface area (Å²) in [5.74, 6) is 0.158. The fourth-order valence-electron chi connectivity index (χ4n) is 2.96. The first-order valence-corrected chi connectivity index (χ1v) is 11.2. The van der Waals surface area contributed by atoms with E-state index in [0.29, 0.717) is 16.9 Å². The normalized spacial score (nSPS) is 13.4. The number of benzene rings is 3. The lowest BCUT2D eigenvalue weighted by atomic mass is 9.98. The fraction of sp³-hybridized carbons (Fsp3) is 0.174. The van der Waals surface area contributed by atoms with E-state index in [-0.39, 0.29) is 4.90 Å². The number of halogens is 1. The molecule has 0 heterocycles. The van der Waals surface area contributed by atoms with Gasteiger partial charge in [0.25, 0.3) is 0 Å². The van der Waals surface area contributed by atoms with Gasteiger partial charge in [0.2, 0.25) is 10.0 Å². The molecule has 1 N–H and O–H groups in total. The lowest BCUT2D eigenvalue weighted by Crippen LogP contribution is -2.43. The van der Waals surface area contributed by atoms with Gasteiger partial charge in [0.05, 0.1) is 17.4 Å². The second-order valence-corrected chi connectivity index (χ2v) is 9.00. The van der Waals surface area contributed by atoms with Gasteiger partial charge in [-0.3, -0.25) is 4.79 Å². The van der Waals surface area contributed by atoms with Gasteiger partial charge in [0.1, 0.15) is 11.8 Å². The molecule has 156 valence electrons. The maximum absolute atomic E-state index is 13.3. The van der Waals surface area contributed by atoms with Crippen molar-refractivity contribution in [2.24, 2.45) is 0 Å². The van der Waals surface area contributed by atoms with E-state index in [0.717, 1.165) is 5.56 Å². The van der Waals surface area contributed by atoms with E-state index in [2.05, 4.69) is 4.72 Å². The molecule has 0 amide bonds. The van der Waals surface area contributed by atoms with Crippen molar-refractivity contribution in [2.75, 3.05) is 7.11 Å². The molecule has 0 fully saturated rings. The molecule has 0 aromatic heterocycles. The van der Waals surface area contributed by atoms with E-state index in [1.165, 1.54) is 19.2 Å². The first-order chi connectivity index (χ1) is 14.3. The molecule has 0 unspecified atom stereocenters. The Kier molecular flexibility index (Phi) is 6.92. The molecule has 3 aromatic rings. The maximum atomic E-state index is 13.3. The van der Waals surface area contributed by atoms with Crippen LogP contribution in [0.1, 0.15) is 26.9 Å². The molecule has 0 radical (unpaired) electrons. The number of aryl methyl sites for hydroxylation is 1. The minimum Gasteiger partial charge on any atom is -0.497 e. The number of carbonyl (C=O) groups is 1. The number of sulfonamides is 1. The van der Waals surface area contributed by atoms with Crippen LogP contribution < -0.4 is 9.46 Å². The van der Waals surface area contributed by atoms with Gasteiger partial charge in [0, 0.05) is 5.56 Å². The Morgan fingerprint density at radius 1 is 0.933 bits per heavy atom. The van der Waals surface area contributed by atoms with Crippen LogP contribution in [-0.2, 0) is 10.0 Å². The summed E-state index contributed by atoms with van der Waals surface area (Å²) in [6.07, 6.45) is 0. The predicted octanol–water partition coefficient (Wildman–Crippen LogP) is 4.51. The number of methoxy groups -OCH3 is 1. The zero-order valence-corrected chi connectivity index (χ0v) is 18.2. The van der Waals surface area contributed by atoms with Crippen LogP contribution in [0, 0.1) is 6.92 Å². The summed E-state index contributed by atoms with van der Waals surface area (Å²) >= 11 is 6.62. The van der Waals surface area contributed by atoms with Crippen LogP contribution in [0.25, 0.3) is 0 Å². The van der Waals surface area contributed by atoms with E-state index >= 15 is 0 Å². The Morgan fingerprint density at radius 2 is 1.53 bits per heavy atom. The Bertz CT molecular complexity index is 1100. The average molecular weight is 444 g/mol. The van der Waals surface area contributed by atoms with E-state index in [1.807, 2.05) is 13.0 Å².